The highest BCUT2D eigenvalue weighted by molar-refractivity contribution is 6.04. The van der Waals surface area contributed by atoms with E-state index in [9.17, 15) is 10.3 Å². The molecule has 0 aliphatic heterocycles. The fraction of sp³-hybridized carbons (Fsp3) is 0.588. The van der Waals surface area contributed by atoms with Gasteiger partial charge in [0.25, 0.3) is 0 Å². The summed E-state index contributed by atoms with van der Waals surface area (Å²) < 4.78 is 0. The Morgan fingerprint density at radius 2 is 1.45 bits per heavy atom. The number of phenols is 1. The van der Waals surface area contributed by atoms with Crippen molar-refractivity contribution >= 4 is 5.71 Å². The molecule has 1 aromatic carbocycles. The van der Waals surface area contributed by atoms with Gasteiger partial charge in [-0.05, 0) is 80.5 Å². The minimum atomic E-state index is 0.0838. The summed E-state index contributed by atoms with van der Waals surface area (Å²) in [6, 6.07) is 7.12. The van der Waals surface area contributed by atoms with Crippen LogP contribution in [0, 0.1) is 23.2 Å². The van der Waals surface area contributed by atoms with E-state index in [0.29, 0.717) is 0 Å². The van der Waals surface area contributed by atoms with Crippen LogP contribution in [0.25, 0.3) is 0 Å². The molecule has 3 nitrogen and oxygen atoms in total. The maximum atomic E-state index is 9.63. The summed E-state index contributed by atoms with van der Waals surface area (Å²) in [5, 5.41) is 22.8. The molecule has 3 heteroatoms. The molecule has 20 heavy (non-hydrogen) atoms. The molecule has 0 spiro atoms. The Hall–Kier alpha value is -1.51. The second-order valence-corrected chi connectivity index (χ2v) is 7.19. The SMILES string of the molecule is O/N=C(\c1ccc(O)cc1)C12CC3CC(CC(C3)C1)C2. The first kappa shape index (κ1) is 12.2. The molecule has 0 amide bonds. The normalized spacial score (nSPS) is 39.2. The number of benzene rings is 1. The Bertz CT molecular complexity index is 511. The molecule has 0 atom stereocenters. The van der Waals surface area contributed by atoms with Crippen molar-refractivity contribution in [3.63, 3.8) is 0 Å². The third kappa shape index (κ3) is 1.75. The summed E-state index contributed by atoms with van der Waals surface area (Å²) in [5.41, 5.74) is 1.91. The molecule has 0 heterocycles. The standard InChI is InChI=1S/C17H21NO2/c19-15-3-1-14(2-4-15)16(18-20)17-8-11-5-12(9-17)7-13(6-11)10-17/h1-4,11-13,19-20H,5-10H2/b18-16+. The van der Waals surface area contributed by atoms with Crippen LogP contribution in [0.5, 0.6) is 5.75 Å². The molecule has 5 rings (SSSR count). The zero-order chi connectivity index (χ0) is 13.7. The van der Waals surface area contributed by atoms with Gasteiger partial charge in [-0.25, -0.2) is 0 Å². The number of oxime groups is 1. The van der Waals surface area contributed by atoms with Gasteiger partial charge >= 0.3 is 0 Å². The van der Waals surface area contributed by atoms with Crippen LogP contribution in [0.3, 0.4) is 0 Å². The largest absolute Gasteiger partial charge is 0.508 e. The summed E-state index contributed by atoms with van der Waals surface area (Å²) in [6.45, 7) is 0. The smallest absolute Gasteiger partial charge is 0.115 e. The minimum absolute atomic E-state index is 0.0838. The van der Waals surface area contributed by atoms with Gasteiger partial charge < -0.3 is 10.3 Å². The quantitative estimate of drug-likeness (QED) is 0.488. The molecule has 4 bridgehead atoms. The topological polar surface area (TPSA) is 52.8 Å². The lowest BCUT2D eigenvalue weighted by Gasteiger charge is -2.56. The van der Waals surface area contributed by atoms with Crippen LogP contribution in [0.1, 0.15) is 44.1 Å². The Labute approximate surface area is 119 Å². The van der Waals surface area contributed by atoms with Gasteiger partial charge in [0.2, 0.25) is 0 Å². The Morgan fingerprint density at radius 1 is 0.950 bits per heavy atom. The highest BCUT2D eigenvalue weighted by atomic mass is 16.4. The number of hydrogen-bond donors (Lipinski definition) is 2. The number of phenolic OH excluding ortho intramolecular Hbond substituents is 1. The monoisotopic (exact) mass is 271 g/mol. The molecular weight excluding hydrogens is 250 g/mol. The number of nitrogens with zero attached hydrogens (tertiary/aromatic N) is 1. The van der Waals surface area contributed by atoms with Crippen LogP contribution < -0.4 is 0 Å². The fourth-order valence-corrected chi connectivity index (χ4v) is 5.49. The zero-order valence-corrected chi connectivity index (χ0v) is 11.6. The van der Waals surface area contributed by atoms with E-state index in [1.807, 2.05) is 12.1 Å². The molecule has 0 saturated heterocycles. The van der Waals surface area contributed by atoms with Crippen molar-refractivity contribution in [2.75, 3.05) is 0 Å². The van der Waals surface area contributed by atoms with E-state index >= 15 is 0 Å². The lowest BCUT2D eigenvalue weighted by Crippen LogP contribution is -2.50. The van der Waals surface area contributed by atoms with E-state index in [2.05, 4.69) is 5.16 Å². The lowest BCUT2D eigenvalue weighted by atomic mass is 9.48. The lowest BCUT2D eigenvalue weighted by molar-refractivity contribution is -0.0133. The molecule has 4 aliphatic rings. The van der Waals surface area contributed by atoms with Gasteiger partial charge in [0.1, 0.15) is 5.75 Å². The van der Waals surface area contributed by atoms with Crippen molar-refractivity contribution in [3.05, 3.63) is 29.8 Å². The number of aromatic hydroxyl groups is 1. The van der Waals surface area contributed by atoms with Crippen molar-refractivity contribution in [3.8, 4) is 5.75 Å². The molecule has 0 unspecified atom stereocenters. The first-order chi connectivity index (χ1) is 9.68. The first-order valence-electron chi connectivity index (χ1n) is 7.70. The van der Waals surface area contributed by atoms with E-state index in [4.69, 9.17) is 0 Å². The van der Waals surface area contributed by atoms with Crippen molar-refractivity contribution in [1.82, 2.24) is 0 Å². The summed E-state index contributed by atoms with van der Waals surface area (Å²) in [4.78, 5) is 0. The van der Waals surface area contributed by atoms with Crippen molar-refractivity contribution in [2.45, 2.75) is 38.5 Å². The second kappa shape index (κ2) is 4.24. The van der Waals surface area contributed by atoms with Gasteiger partial charge in [-0.2, -0.15) is 0 Å². The maximum absolute atomic E-state index is 9.63. The van der Waals surface area contributed by atoms with Gasteiger partial charge in [0, 0.05) is 11.0 Å². The van der Waals surface area contributed by atoms with Crippen LogP contribution in [-0.4, -0.2) is 16.0 Å². The predicted octanol–water partition coefficient (Wildman–Crippen LogP) is 3.79. The minimum Gasteiger partial charge on any atom is -0.508 e. The van der Waals surface area contributed by atoms with Crippen LogP contribution >= 0.6 is 0 Å². The molecule has 1 aromatic rings. The third-order valence-corrected chi connectivity index (χ3v) is 5.78. The third-order valence-electron chi connectivity index (χ3n) is 5.78. The first-order valence-corrected chi connectivity index (χ1v) is 7.70. The molecule has 106 valence electrons. The highest BCUT2D eigenvalue weighted by Crippen LogP contribution is 2.61. The average molecular weight is 271 g/mol. The maximum Gasteiger partial charge on any atom is 0.115 e. The summed E-state index contributed by atoms with van der Waals surface area (Å²) in [5.74, 6) is 2.75. The number of hydrogen-bond acceptors (Lipinski definition) is 3. The molecule has 0 radical (unpaired) electrons. The highest BCUT2D eigenvalue weighted by Gasteiger charge is 2.53. The zero-order valence-electron chi connectivity index (χ0n) is 11.6. The average Bonchev–Trinajstić information content (AvgIpc) is 2.40. The molecule has 0 aromatic heterocycles. The van der Waals surface area contributed by atoms with Crippen molar-refractivity contribution in [1.29, 1.82) is 0 Å². The molecule has 4 fully saturated rings. The summed E-state index contributed by atoms with van der Waals surface area (Å²) in [6.07, 6.45) is 7.69. The van der Waals surface area contributed by atoms with Gasteiger partial charge in [-0.1, -0.05) is 5.16 Å². The van der Waals surface area contributed by atoms with E-state index in [1.54, 1.807) is 12.1 Å². The molecule has 4 saturated carbocycles. The molecule has 2 N–H and O–H groups in total. The van der Waals surface area contributed by atoms with Crippen LogP contribution in [0.4, 0.5) is 0 Å². The Morgan fingerprint density at radius 3 is 1.90 bits per heavy atom. The number of rotatable bonds is 2. The van der Waals surface area contributed by atoms with Crippen molar-refractivity contribution < 1.29 is 10.3 Å². The molecular formula is C17H21NO2. The molecule has 4 aliphatic carbocycles. The van der Waals surface area contributed by atoms with Gasteiger partial charge in [0.15, 0.2) is 0 Å². The van der Waals surface area contributed by atoms with E-state index in [1.165, 1.54) is 38.5 Å². The van der Waals surface area contributed by atoms with E-state index in [0.717, 1.165) is 29.0 Å². The predicted molar refractivity (Wildman–Crippen MR) is 77.0 cm³/mol. The van der Waals surface area contributed by atoms with Crippen LogP contribution in [-0.2, 0) is 0 Å². The summed E-state index contributed by atoms with van der Waals surface area (Å²) in [7, 11) is 0. The van der Waals surface area contributed by atoms with Gasteiger partial charge in [-0.3, -0.25) is 0 Å². The van der Waals surface area contributed by atoms with Crippen LogP contribution in [0.15, 0.2) is 29.4 Å². The van der Waals surface area contributed by atoms with Crippen molar-refractivity contribution in [2.24, 2.45) is 28.3 Å². The Balaban J connectivity index is 1.73. The summed E-state index contributed by atoms with van der Waals surface area (Å²) >= 11 is 0. The van der Waals surface area contributed by atoms with Gasteiger partial charge in [0.05, 0.1) is 5.71 Å². The fourth-order valence-electron chi connectivity index (χ4n) is 5.49. The Kier molecular flexibility index (Phi) is 2.60. The van der Waals surface area contributed by atoms with E-state index < -0.39 is 0 Å². The second-order valence-electron chi connectivity index (χ2n) is 7.19. The van der Waals surface area contributed by atoms with E-state index in [-0.39, 0.29) is 11.2 Å². The van der Waals surface area contributed by atoms with Crippen LogP contribution in [0.2, 0.25) is 0 Å². The van der Waals surface area contributed by atoms with Gasteiger partial charge in [-0.15, -0.1) is 0 Å².